The van der Waals surface area contributed by atoms with Crippen molar-refractivity contribution in [3.8, 4) is 0 Å². The number of hydrogen-bond acceptors (Lipinski definition) is 6. The molecule has 0 spiro atoms. The third-order valence-corrected chi connectivity index (χ3v) is 5.04. The van der Waals surface area contributed by atoms with E-state index in [0.29, 0.717) is 12.3 Å². The van der Waals surface area contributed by atoms with E-state index in [9.17, 15) is 4.79 Å². The Morgan fingerprint density at radius 3 is 2.63 bits per heavy atom. The summed E-state index contributed by atoms with van der Waals surface area (Å²) >= 11 is 0. The maximum absolute atomic E-state index is 11.0. The Labute approximate surface area is 176 Å². The van der Waals surface area contributed by atoms with Crippen molar-refractivity contribution in [2.45, 2.75) is 13.3 Å². The molecule has 1 aliphatic rings. The van der Waals surface area contributed by atoms with Gasteiger partial charge < -0.3 is 15.5 Å². The summed E-state index contributed by atoms with van der Waals surface area (Å²) in [7, 11) is 2.14. The first-order valence-electron chi connectivity index (χ1n) is 9.83. The van der Waals surface area contributed by atoms with Crippen molar-refractivity contribution in [1.82, 2.24) is 9.88 Å². The molecule has 0 radical (unpaired) electrons. The van der Waals surface area contributed by atoms with E-state index in [4.69, 9.17) is 16.6 Å². The highest BCUT2D eigenvalue weighted by Gasteiger charge is 2.15. The molecule has 2 heterocycles. The van der Waals surface area contributed by atoms with Crippen LogP contribution >= 0.6 is 0 Å². The summed E-state index contributed by atoms with van der Waals surface area (Å²) in [5.74, 6) is -0.170. The minimum atomic E-state index is -0.364. The van der Waals surface area contributed by atoms with Gasteiger partial charge in [-0.3, -0.25) is 20.6 Å². The summed E-state index contributed by atoms with van der Waals surface area (Å²) in [5.41, 5.74) is 8.85. The molecule has 1 aliphatic heterocycles. The lowest BCUT2D eigenvalue weighted by Gasteiger charge is -2.33. The molecule has 1 aromatic carbocycles. The maximum Gasteiger partial charge on any atom is 0.177 e. The Morgan fingerprint density at radius 2 is 1.93 bits per heavy atom. The molecule has 1 saturated heterocycles. The summed E-state index contributed by atoms with van der Waals surface area (Å²) in [6.45, 7) is 5.35. The number of amidine groups is 2. The molecule has 30 heavy (non-hydrogen) atoms. The number of allylic oxidation sites excluding steroid dienone is 1. The van der Waals surface area contributed by atoms with Gasteiger partial charge in [0.25, 0.3) is 0 Å². The van der Waals surface area contributed by atoms with Gasteiger partial charge in [0.05, 0.1) is 23.1 Å². The Bertz CT molecular complexity index is 1030. The van der Waals surface area contributed by atoms with Gasteiger partial charge in [0.1, 0.15) is 11.7 Å². The first kappa shape index (κ1) is 21.3. The van der Waals surface area contributed by atoms with Crippen molar-refractivity contribution >= 4 is 39.8 Å². The van der Waals surface area contributed by atoms with Crippen LogP contribution in [-0.4, -0.2) is 66.3 Å². The van der Waals surface area contributed by atoms with Crippen molar-refractivity contribution < 1.29 is 4.79 Å². The average molecular weight is 406 g/mol. The van der Waals surface area contributed by atoms with E-state index in [-0.39, 0.29) is 17.3 Å². The fourth-order valence-electron chi connectivity index (χ4n) is 3.24. The van der Waals surface area contributed by atoms with Gasteiger partial charge in [0.15, 0.2) is 5.78 Å². The second-order valence-corrected chi connectivity index (χ2v) is 7.48. The Balaban J connectivity index is 1.72. The molecule has 3 rings (SSSR count). The molecule has 8 heteroatoms. The number of likely N-dealkylation sites (N-methyl/N-ethyl adjacent to an activating group) is 1. The summed E-state index contributed by atoms with van der Waals surface area (Å²) in [5, 5.41) is 16.3. The molecule has 1 fully saturated rings. The van der Waals surface area contributed by atoms with E-state index in [2.05, 4.69) is 39.0 Å². The molecule has 1 aromatic heterocycles. The van der Waals surface area contributed by atoms with Crippen molar-refractivity contribution in [2.24, 2.45) is 10.7 Å². The van der Waals surface area contributed by atoms with Crippen LogP contribution in [0.5, 0.6) is 0 Å². The summed E-state index contributed by atoms with van der Waals surface area (Å²) in [6.07, 6.45) is 4.87. The summed E-state index contributed by atoms with van der Waals surface area (Å²) < 4.78 is 0. The SMILES string of the molecule is CC(=O)C(=N)/C=C\C(=N)N=C(N)Cc1ccc2ncc(N3CCN(C)CC3)cc2c1. The number of aromatic nitrogens is 1. The third kappa shape index (κ3) is 5.57. The predicted molar refractivity (Wildman–Crippen MR) is 122 cm³/mol. The number of carbonyl (C=O) groups is 1. The standard InChI is InChI=1S/C22H27N7O/c1-15(30)19(23)4-6-21(24)27-22(25)12-16-3-5-20-17(11-16)13-18(14-26-20)29-9-7-28(2)8-10-29/h3-6,11,13-14,23H,7-10,12H2,1-2H3,(H3,24,25,27)/b6-4-,23-19?. The van der Waals surface area contributed by atoms with E-state index in [0.717, 1.165) is 48.3 Å². The molecule has 8 nitrogen and oxygen atoms in total. The smallest absolute Gasteiger partial charge is 0.177 e. The quantitative estimate of drug-likeness (QED) is 0.501. The maximum atomic E-state index is 11.0. The molecule has 0 atom stereocenters. The molecular weight excluding hydrogens is 378 g/mol. The van der Waals surface area contributed by atoms with Gasteiger partial charge in [-0.2, -0.15) is 0 Å². The van der Waals surface area contributed by atoms with Gasteiger partial charge in [-0.15, -0.1) is 0 Å². The molecular formula is C22H27N7O. The van der Waals surface area contributed by atoms with Crippen molar-refractivity contribution in [1.29, 1.82) is 10.8 Å². The van der Waals surface area contributed by atoms with E-state index in [1.54, 1.807) is 0 Å². The van der Waals surface area contributed by atoms with Crippen molar-refractivity contribution in [2.75, 3.05) is 38.1 Å². The number of hydrogen-bond donors (Lipinski definition) is 3. The lowest BCUT2D eigenvalue weighted by Crippen LogP contribution is -2.44. The Hall–Kier alpha value is -3.39. The third-order valence-electron chi connectivity index (χ3n) is 5.04. The number of Topliss-reactive ketones (excluding diaryl/α,β-unsaturated/α-hetero) is 1. The molecule has 0 saturated carbocycles. The fraction of sp³-hybridized carbons (Fsp3) is 0.318. The minimum absolute atomic E-state index is 0.0988. The monoisotopic (exact) mass is 405 g/mol. The number of rotatable bonds is 6. The van der Waals surface area contributed by atoms with Crippen molar-refractivity contribution in [3.05, 3.63) is 48.2 Å². The molecule has 156 valence electrons. The number of nitrogens with one attached hydrogen (secondary N) is 2. The van der Waals surface area contributed by atoms with E-state index in [1.165, 1.54) is 19.1 Å². The Kier molecular flexibility index (Phi) is 6.68. The first-order valence-corrected chi connectivity index (χ1v) is 9.83. The number of piperazine rings is 1. The van der Waals surface area contributed by atoms with E-state index >= 15 is 0 Å². The van der Waals surface area contributed by atoms with Crippen LogP contribution in [0.25, 0.3) is 10.9 Å². The zero-order valence-corrected chi connectivity index (χ0v) is 17.4. The molecule has 0 bridgehead atoms. The zero-order valence-electron chi connectivity index (χ0n) is 17.4. The number of carbonyl (C=O) groups excluding carboxylic acids is 1. The fourth-order valence-corrected chi connectivity index (χ4v) is 3.24. The van der Waals surface area contributed by atoms with Gasteiger partial charge in [-0.1, -0.05) is 6.07 Å². The van der Waals surface area contributed by atoms with Gasteiger partial charge in [0, 0.05) is 44.9 Å². The summed E-state index contributed by atoms with van der Waals surface area (Å²) in [6, 6.07) is 8.13. The lowest BCUT2D eigenvalue weighted by atomic mass is 10.1. The van der Waals surface area contributed by atoms with Gasteiger partial charge >= 0.3 is 0 Å². The number of nitrogens with two attached hydrogens (primary N) is 1. The molecule has 0 amide bonds. The number of pyridine rings is 1. The number of aliphatic imine (C=N–C) groups is 1. The average Bonchev–Trinajstić information content (AvgIpc) is 2.71. The van der Waals surface area contributed by atoms with Crippen LogP contribution < -0.4 is 10.6 Å². The number of ketones is 1. The van der Waals surface area contributed by atoms with Crippen molar-refractivity contribution in [3.63, 3.8) is 0 Å². The van der Waals surface area contributed by atoms with Crippen LogP contribution in [0.2, 0.25) is 0 Å². The van der Waals surface area contributed by atoms with Gasteiger partial charge in [0.2, 0.25) is 0 Å². The first-order chi connectivity index (χ1) is 14.3. The van der Waals surface area contributed by atoms with E-state index < -0.39 is 0 Å². The molecule has 2 aromatic rings. The van der Waals surface area contributed by atoms with Crippen LogP contribution in [0, 0.1) is 10.8 Å². The van der Waals surface area contributed by atoms with Crippen LogP contribution in [0.1, 0.15) is 12.5 Å². The minimum Gasteiger partial charge on any atom is -0.387 e. The predicted octanol–water partition coefficient (Wildman–Crippen LogP) is 2.03. The van der Waals surface area contributed by atoms with Crippen LogP contribution in [0.15, 0.2) is 47.6 Å². The van der Waals surface area contributed by atoms with Crippen LogP contribution in [0.3, 0.4) is 0 Å². The largest absolute Gasteiger partial charge is 0.387 e. The van der Waals surface area contributed by atoms with Crippen LogP contribution in [-0.2, 0) is 11.2 Å². The highest BCUT2D eigenvalue weighted by molar-refractivity contribution is 6.42. The van der Waals surface area contributed by atoms with Crippen LogP contribution in [0.4, 0.5) is 5.69 Å². The second kappa shape index (κ2) is 9.41. The number of anilines is 1. The second-order valence-electron chi connectivity index (χ2n) is 7.48. The Morgan fingerprint density at radius 1 is 1.20 bits per heavy atom. The van der Waals surface area contributed by atoms with Gasteiger partial charge in [-0.25, -0.2) is 4.99 Å². The number of nitrogens with zero attached hydrogens (tertiary/aromatic N) is 4. The number of benzene rings is 1. The number of fused-ring (bicyclic) bond motifs is 1. The van der Waals surface area contributed by atoms with E-state index in [1.807, 2.05) is 18.3 Å². The summed E-state index contributed by atoms with van der Waals surface area (Å²) in [4.78, 5) is 24.3. The highest BCUT2D eigenvalue weighted by atomic mass is 16.1. The van der Waals surface area contributed by atoms with Gasteiger partial charge in [-0.05, 0) is 43.0 Å². The topological polar surface area (TPSA) is 123 Å². The molecule has 0 unspecified atom stereocenters. The lowest BCUT2D eigenvalue weighted by molar-refractivity contribution is -0.111. The zero-order chi connectivity index (χ0) is 21.7. The highest BCUT2D eigenvalue weighted by Crippen LogP contribution is 2.22. The molecule has 0 aliphatic carbocycles. The normalized spacial score (nSPS) is 15.7. The molecule has 4 N–H and O–H groups in total.